The lowest BCUT2D eigenvalue weighted by Gasteiger charge is -2.24. The van der Waals surface area contributed by atoms with E-state index < -0.39 is 0 Å². The number of nitrogens with zero attached hydrogens (tertiary/aromatic N) is 3. The average molecular weight is 206 g/mol. The van der Waals surface area contributed by atoms with Gasteiger partial charge in [0.1, 0.15) is 0 Å². The minimum atomic E-state index is -0.212. The highest BCUT2D eigenvalue weighted by molar-refractivity contribution is 5.72. The zero-order valence-corrected chi connectivity index (χ0v) is 9.18. The van der Waals surface area contributed by atoms with E-state index in [1.165, 1.54) is 0 Å². The molecule has 0 aliphatic rings. The van der Waals surface area contributed by atoms with Gasteiger partial charge in [-0.1, -0.05) is 13.3 Å². The van der Waals surface area contributed by atoms with Gasteiger partial charge in [-0.05, 0) is 18.6 Å². The SMILES string of the molecule is CCCCN(C)C([O-])=Nc1cccnc1. The topological polar surface area (TPSA) is 51.5 Å². The van der Waals surface area contributed by atoms with Crippen molar-refractivity contribution < 1.29 is 5.11 Å². The van der Waals surface area contributed by atoms with Crippen molar-refractivity contribution in [1.82, 2.24) is 9.88 Å². The van der Waals surface area contributed by atoms with Gasteiger partial charge in [0.2, 0.25) is 0 Å². The molecule has 0 N–H and O–H groups in total. The van der Waals surface area contributed by atoms with E-state index in [-0.39, 0.29) is 6.02 Å². The van der Waals surface area contributed by atoms with Crippen molar-refractivity contribution in [2.45, 2.75) is 19.8 Å². The number of unbranched alkanes of at least 4 members (excludes halogenated alkanes) is 1. The maximum absolute atomic E-state index is 11.5. The van der Waals surface area contributed by atoms with Gasteiger partial charge in [-0.3, -0.25) is 4.98 Å². The van der Waals surface area contributed by atoms with Crippen molar-refractivity contribution >= 4 is 11.7 Å². The quantitative estimate of drug-likeness (QED) is 0.548. The first kappa shape index (κ1) is 11.5. The number of amidine groups is 1. The molecule has 0 aliphatic carbocycles. The molecule has 0 atom stereocenters. The van der Waals surface area contributed by atoms with Crippen LogP contribution in [0.15, 0.2) is 29.5 Å². The Bertz CT molecular complexity index is 311. The van der Waals surface area contributed by atoms with Crippen LogP contribution in [0.1, 0.15) is 19.8 Å². The fourth-order valence-corrected chi connectivity index (χ4v) is 1.11. The lowest BCUT2D eigenvalue weighted by molar-refractivity contribution is -0.233. The minimum absolute atomic E-state index is 0.212. The summed E-state index contributed by atoms with van der Waals surface area (Å²) in [6.07, 6.45) is 5.31. The third-order valence-electron chi connectivity index (χ3n) is 2.04. The fraction of sp³-hybridized carbons (Fsp3) is 0.455. The molecule has 0 spiro atoms. The molecule has 1 aromatic heterocycles. The highest BCUT2D eigenvalue weighted by atomic mass is 16.3. The van der Waals surface area contributed by atoms with Crippen LogP contribution in [0.4, 0.5) is 5.69 Å². The molecule has 15 heavy (non-hydrogen) atoms. The first-order chi connectivity index (χ1) is 7.24. The van der Waals surface area contributed by atoms with E-state index in [4.69, 9.17) is 0 Å². The summed E-state index contributed by atoms with van der Waals surface area (Å²) in [5, 5.41) is 11.5. The van der Waals surface area contributed by atoms with E-state index in [0.717, 1.165) is 19.4 Å². The molecule has 4 nitrogen and oxygen atoms in total. The van der Waals surface area contributed by atoms with E-state index in [0.29, 0.717) is 5.69 Å². The molecule has 4 heteroatoms. The van der Waals surface area contributed by atoms with Gasteiger partial charge in [0.25, 0.3) is 0 Å². The Kier molecular flexibility index (Phi) is 4.60. The standard InChI is InChI=1S/C11H17N3O/c1-3-4-8-14(2)11(15)13-10-6-5-7-12-9-10/h5-7,9H,3-4,8H2,1-2H3,(H,13,15)/p-1. The first-order valence-corrected chi connectivity index (χ1v) is 5.11. The summed E-state index contributed by atoms with van der Waals surface area (Å²) >= 11 is 0. The minimum Gasteiger partial charge on any atom is -0.846 e. The number of aliphatic imine (C=N–C) groups is 1. The second-order valence-corrected chi connectivity index (χ2v) is 3.38. The molecule has 0 aromatic carbocycles. The van der Waals surface area contributed by atoms with Crippen molar-refractivity contribution in [3.05, 3.63) is 24.5 Å². The van der Waals surface area contributed by atoms with Crippen LogP contribution in [0.2, 0.25) is 0 Å². The molecule has 0 amide bonds. The lowest BCUT2D eigenvalue weighted by atomic mass is 10.3. The lowest BCUT2D eigenvalue weighted by Crippen LogP contribution is -2.37. The van der Waals surface area contributed by atoms with Gasteiger partial charge in [-0.2, -0.15) is 0 Å². The second kappa shape index (κ2) is 6.01. The summed E-state index contributed by atoms with van der Waals surface area (Å²) in [6.45, 7) is 2.84. The zero-order valence-electron chi connectivity index (χ0n) is 9.18. The van der Waals surface area contributed by atoms with Crippen molar-refractivity contribution in [3.8, 4) is 0 Å². The van der Waals surface area contributed by atoms with Crippen molar-refractivity contribution in [2.24, 2.45) is 4.99 Å². The third kappa shape index (κ3) is 3.97. The molecule has 0 saturated heterocycles. The van der Waals surface area contributed by atoms with Crippen LogP contribution in [0, 0.1) is 0 Å². The normalized spacial score (nSPS) is 11.5. The van der Waals surface area contributed by atoms with Crippen LogP contribution >= 0.6 is 0 Å². The summed E-state index contributed by atoms with van der Waals surface area (Å²) in [7, 11) is 1.76. The molecule has 1 heterocycles. The molecule has 0 aliphatic heterocycles. The van der Waals surface area contributed by atoms with E-state index in [1.807, 2.05) is 0 Å². The molecule has 1 aromatic rings. The summed E-state index contributed by atoms with van der Waals surface area (Å²) in [5.41, 5.74) is 0.603. The number of pyridine rings is 1. The Morgan fingerprint density at radius 3 is 3.00 bits per heavy atom. The Hall–Kier alpha value is -1.58. The molecule has 0 bridgehead atoms. The Morgan fingerprint density at radius 2 is 2.40 bits per heavy atom. The number of rotatable bonds is 4. The van der Waals surface area contributed by atoms with Crippen molar-refractivity contribution in [2.75, 3.05) is 13.6 Å². The molecule has 0 unspecified atom stereocenters. The van der Waals surface area contributed by atoms with Crippen LogP contribution < -0.4 is 5.11 Å². The third-order valence-corrected chi connectivity index (χ3v) is 2.04. The summed E-state index contributed by atoms with van der Waals surface area (Å²) < 4.78 is 0. The van der Waals surface area contributed by atoms with E-state index >= 15 is 0 Å². The van der Waals surface area contributed by atoms with E-state index in [9.17, 15) is 5.11 Å². The molecule has 0 saturated carbocycles. The van der Waals surface area contributed by atoms with Gasteiger partial charge in [0, 0.05) is 19.8 Å². The first-order valence-electron chi connectivity index (χ1n) is 5.11. The van der Waals surface area contributed by atoms with Crippen LogP contribution in [-0.4, -0.2) is 29.5 Å². The van der Waals surface area contributed by atoms with Crippen LogP contribution in [0.5, 0.6) is 0 Å². The molecule has 1 rings (SSSR count). The summed E-state index contributed by atoms with van der Waals surface area (Å²) in [4.78, 5) is 9.45. The molecule has 0 fully saturated rings. The van der Waals surface area contributed by atoms with Gasteiger partial charge < -0.3 is 10.0 Å². The maximum Gasteiger partial charge on any atom is 0.0823 e. The average Bonchev–Trinajstić information content (AvgIpc) is 2.27. The zero-order chi connectivity index (χ0) is 11.1. The van der Waals surface area contributed by atoms with Gasteiger partial charge in [-0.25, -0.2) is 4.99 Å². The smallest absolute Gasteiger partial charge is 0.0823 e. The Labute approximate surface area is 90.3 Å². The van der Waals surface area contributed by atoms with Crippen LogP contribution in [0.25, 0.3) is 0 Å². The predicted molar refractivity (Wildman–Crippen MR) is 58.9 cm³/mol. The number of hydrogen-bond acceptors (Lipinski definition) is 3. The highest BCUT2D eigenvalue weighted by Gasteiger charge is 1.95. The van der Waals surface area contributed by atoms with Crippen molar-refractivity contribution in [3.63, 3.8) is 0 Å². The molecular formula is C11H16N3O-. The maximum atomic E-state index is 11.5. The largest absolute Gasteiger partial charge is 0.846 e. The van der Waals surface area contributed by atoms with Crippen molar-refractivity contribution in [1.29, 1.82) is 0 Å². The molecule has 82 valence electrons. The summed E-state index contributed by atoms with van der Waals surface area (Å²) in [5.74, 6) is 0. The monoisotopic (exact) mass is 206 g/mol. The Morgan fingerprint density at radius 1 is 1.60 bits per heavy atom. The van der Waals surface area contributed by atoms with Gasteiger partial charge >= 0.3 is 0 Å². The predicted octanol–water partition coefficient (Wildman–Crippen LogP) is 1.16. The van der Waals surface area contributed by atoms with E-state index in [1.54, 1.807) is 36.5 Å². The van der Waals surface area contributed by atoms with Crippen LogP contribution in [0.3, 0.4) is 0 Å². The molecule has 0 radical (unpaired) electrons. The van der Waals surface area contributed by atoms with Gasteiger partial charge in [-0.15, -0.1) is 0 Å². The fourth-order valence-electron chi connectivity index (χ4n) is 1.11. The number of hydrogen-bond donors (Lipinski definition) is 0. The van der Waals surface area contributed by atoms with Gasteiger partial charge in [0.15, 0.2) is 0 Å². The Balaban J connectivity index is 2.59. The van der Waals surface area contributed by atoms with Crippen LogP contribution in [-0.2, 0) is 0 Å². The molecular weight excluding hydrogens is 190 g/mol. The van der Waals surface area contributed by atoms with E-state index in [2.05, 4.69) is 16.9 Å². The summed E-state index contributed by atoms with van der Waals surface area (Å²) in [6, 6.07) is 3.31. The van der Waals surface area contributed by atoms with Gasteiger partial charge in [0.05, 0.1) is 17.9 Å². The second-order valence-electron chi connectivity index (χ2n) is 3.38. The highest BCUT2D eigenvalue weighted by Crippen LogP contribution is 2.07. The number of aromatic nitrogens is 1.